The van der Waals surface area contributed by atoms with E-state index in [0.717, 1.165) is 11.1 Å². The van der Waals surface area contributed by atoms with Crippen molar-refractivity contribution in [1.82, 2.24) is 10.6 Å². The molecular weight excluding hydrogens is 630 g/mol. The van der Waals surface area contributed by atoms with E-state index in [-0.39, 0.29) is 35.7 Å². The summed E-state index contributed by atoms with van der Waals surface area (Å²) in [5, 5.41) is 17.7. The maximum atomic E-state index is 14.0. The number of rotatable bonds is 4. The Morgan fingerprint density at radius 2 is 1.91 bits per heavy atom. The molecule has 12 nitrogen and oxygen atoms in total. The fraction of sp³-hybridized carbons (Fsp3) is 0.618. The number of amides is 2. The minimum absolute atomic E-state index is 0.00666. The van der Waals surface area contributed by atoms with Crippen LogP contribution in [0.3, 0.4) is 0 Å². The van der Waals surface area contributed by atoms with Crippen molar-refractivity contribution in [1.29, 1.82) is 0 Å². The van der Waals surface area contributed by atoms with Gasteiger partial charge >= 0.3 is 12.1 Å². The second-order valence-corrected chi connectivity index (χ2v) is 13.6. The van der Waals surface area contributed by atoms with Crippen LogP contribution in [0.15, 0.2) is 35.9 Å². The van der Waals surface area contributed by atoms with E-state index in [9.17, 15) is 19.5 Å². The van der Waals surface area contributed by atoms with Crippen LogP contribution in [0.5, 0.6) is 5.75 Å². The third kappa shape index (κ3) is 7.46. The Hall–Kier alpha value is -3.16. The number of halogens is 1. The molecule has 0 radical (unpaired) electrons. The van der Waals surface area contributed by atoms with Crippen LogP contribution < -0.4 is 20.3 Å². The van der Waals surface area contributed by atoms with Crippen LogP contribution in [0.25, 0.3) is 0 Å². The smallest absolute Gasteiger partial charge is 0.409 e. The molecule has 0 spiro atoms. The first-order valence-electron chi connectivity index (χ1n) is 16.1. The minimum Gasteiger partial charge on any atom is -0.495 e. The van der Waals surface area contributed by atoms with Crippen LogP contribution in [-0.2, 0) is 35.0 Å². The van der Waals surface area contributed by atoms with Crippen LogP contribution in [-0.4, -0.2) is 93.2 Å². The van der Waals surface area contributed by atoms with Crippen molar-refractivity contribution in [3.05, 3.63) is 46.5 Å². The molecule has 258 valence electrons. The van der Waals surface area contributed by atoms with E-state index in [1.807, 2.05) is 32.1 Å². The zero-order valence-corrected chi connectivity index (χ0v) is 28.6. The number of benzene rings is 1. The Labute approximate surface area is 280 Å². The second kappa shape index (κ2) is 14.1. The van der Waals surface area contributed by atoms with Crippen molar-refractivity contribution in [2.24, 2.45) is 11.8 Å². The molecular formula is C34H46ClN3O9. The van der Waals surface area contributed by atoms with E-state index in [0.29, 0.717) is 43.8 Å². The Kier molecular flexibility index (Phi) is 10.6. The van der Waals surface area contributed by atoms with Crippen LogP contribution >= 0.6 is 11.6 Å². The van der Waals surface area contributed by atoms with Crippen LogP contribution in [0.4, 0.5) is 10.5 Å². The lowest BCUT2D eigenvalue weighted by Gasteiger charge is -2.42. The molecule has 1 aromatic carbocycles. The van der Waals surface area contributed by atoms with Gasteiger partial charge in [0.1, 0.15) is 34.7 Å². The number of piperidine rings is 1. The average Bonchev–Trinajstić information content (AvgIpc) is 3.74. The molecule has 4 aliphatic heterocycles. The lowest BCUT2D eigenvalue weighted by Crippen LogP contribution is -2.63. The molecule has 7 atom stereocenters. The predicted octanol–water partition coefficient (Wildman–Crippen LogP) is 3.67. The Balaban J connectivity index is 1.54. The Morgan fingerprint density at radius 1 is 1.19 bits per heavy atom. The number of ether oxygens (including phenoxy) is 5. The van der Waals surface area contributed by atoms with E-state index in [1.165, 1.54) is 19.1 Å². The summed E-state index contributed by atoms with van der Waals surface area (Å²) in [5.41, 5.74) is -0.573. The van der Waals surface area contributed by atoms with Gasteiger partial charge in [-0.2, -0.15) is 0 Å². The molecule has 13 heteroatoms. The number of anilines is 1. The highest BCUT2D eigenvalue weighted by Crippen LogP contribution is 2.49. The number of fused-ring (bicyclic) bond motifs is 5. The molecule has 3 fully saturated rings. The number of carbonyl (C=O) groups is 3. The largest absolute Gasteiger partial charge is 0.495 e. The lowest BCUT2D eigenvalue weighted by atomic mass is 9.83. The Bertz CT molecular complexity index is 1430. The number of nitrogens with one attached hydrogen (secondary N) is 2. The fourth-order valence-electron chi connectivity index (χ4n) is 6.90. The van der Waals surface area contributed by atoms with Gasteiger partial charge in [-0.1, -0.05) is 42.3 Å². The molecule has 2 amide bonds. The summed E-state index contributed by atoms with van der Waals surface area (Å²) in [5.74, 6) is -1.04. The molecule has 0 aliphatic carbocycles. The van der Waals surface area contributed by atoms with Gasteiger partial charge in [0.25, 0.3) is 0 Å². The number of hydrogen-bond donors (Lipinski definition) is 3. The highest BCUT2D eigenvalue weighted by Gasteiger charge is 2.64. The third-order valence-electron chi connectivity index (χ3n) is 9.88. The van der Waals surface area contributed by atoms with Gasteiger partial charge in [-0.05, 0) is 63.9 Å². The molecule has 3 saturated heterocycles. The number of alkyl carbamates (subject to hydrolysis) is 1. The molecule has 47 heavy (non-hydrogen) atoms. The average molecular weight is 676 g/mol. The number of esters is 1. The van der Waals surface area contributed by atoms with Gasteiger partial charge in [0.05, 0.1) is 31.2 Å². The van der Waals surface area contributed by atoms with E-state index >= 15 is 0 Å². The lowest BCUT2D eigenvalue weighted by molar-refractivity contribution is -0.159. The Morgan fingerprint density at radius 3 is 2.60 bits per heavy atom. The predicted molar refractivity (Wildman–Crippen MR) is 174 cm³/mol. The molecule has 1 aromatic rings. The summed E-state index contributed by atoms with van der Waals surface area (Å²) in [7, 11) is 4.60. The van der Waals surface area contributed by atoms with Crippen LogP contribution in [0, 0.1) is 11.8 Å². The first-order valence-corrected chi connectivity index (χ1v) is 16.5. The van der Waals surface area contributed by atoms with Crippen molar-refractivity contribution >= 4 is 35.3 Å². The molecule has 1 unspecified atom stereocenters. The minimum atomic E-state index is -1.77. The van der Waals surface area contributed by atoms with Gasteiger partial charge < -0.3 is 39.0 Å². The summed E-state index contributed by atoms with van der Waals surface area (Å²) in [4.78, 5) is 41.6. The van der Waals surface area contributed by atoms with Gasteiger partial charge in [0.15, 0.2) is 5.72 Å². The van der Waals surface area contributed by atoms with E-state index in [4.69, 9.17) is 35.3 Å². The summed E-state index contributed by atoms with van der Waals surface area (Å²) in [6, 6.07) is 3.66. The zero-order chi connectivity index (χ0) is 34.1. The highest BCUT2D eigenvalue weighted by atomic mass is 35.5. The van der Waals surface area contributed by atoms with Crippen molar-refractivity contribution in [3.63, 3.8) is 0 Å². The second-order valence-electron chi connectivity index (χ2n) is 13.2. The van der Waals surface area contributed by atoms with E-state index in [2.05, 4.69) is 10.6 Å². The number of carbonyl (C=O) groups excluding carboxylic acids is 3. The maximum Gasteiger partial charge on any atom is 0.409 e. The summed E-state index contributed by atoms with van der Waals surface area (Å²) in [6.07, 6.45) is 2.96. The van der Waals surface area contributed by atoms with Crippen molar-refractivity contribution in [2.75, 3.05) is 39.3 Å². The van der Waals surface area contributed by atoms with Gasteiger partial charge in [-0.25, -0.2) is 4.79 Å². The molecule has 4 bridgehead atoms. The van der Waals surface area contributed by atoms with E-state index in [1.54, 1.807) is 26.1 Å². The SMILES string of the molecule is COc1cc2cc(c1Cl)N(C)C(=O)C[C@H](OC(=O)C1CCNCC1)[C@@]1(C)O[C@H]1[C@H](C)[C@@H]1C[C@@](O)(NC(=O)O1)C(OC)/C=C/C=C(\C)C2. The van der Waals surface area contributed by atoms with Crippen LogP contribution in [0.2, 0.25) is 5.02 Å². The molecule has 5 rings (SSSR count). The third-order valence-corrected chi connectivity index (χ3v) is 10.3. The number of allylic oxidation sites excluding steroid dienone is 3. The molecule has 0 aromatic heterocycles. The number of hydrogen-bond acceptors (Lipinski definition) is 10. The normalized spacial score (nSPS) is 35.4. The zero-order valence-electron chi connectivity index (χ0n) is 27.8. The first-order chi connectivity index (χ1) is 22.3. The molecule has 0 saturated carbocycles. The van der Waals surface area contributed by atoms with Crippen LogP contribution in [0.1, 0.15) is 52.0 Å². The number of epoxide rings is 1. The number of methoxy groups -OCH3 is 2. The summed E-state index contributed by atoms with van der Waals surface area (Å²) >= 11 is 6.74. The van der Waals surface area contributed by atoms with Crippen molar-refractivity contribution in [3.8, 4) is 5.75 Å². The van der Waals surface area contributed by atoms with Gasteiger partial charge in [-0.15, -0.1) is 0 Å². The van der Waals surface area contributed by atoms with Gasteiger partial charge in [0, 0.05) is 26.5 Å². The first kappa shape index (κ1) is 35.2. The topological polar surface area (TPSA) is 148 Å². The fourth-order valence-corrected chi connectivity index (χ4v) is 7.21. The number of aliphatic hydroxyl groups is 1. The van der Waals surface area contributed by atoms with Crippen molar-refractivity contribution < 1.29 is 43.2 Å². The monoisotopic (exact) mass is 675 g/mol. The summed E-state index contributed by atoms with van der Waals surface area (Å²) in [6.45, 7) is 6.99. The van der Waals surface area contributed by atoms with Gasteiger partial charge in [-0.3, -0.25) is 14.9 Å². The summed E-state index contributed by atoms with van der Waals surface area (Å²) < 4.78 is 29.2. The van der Waals surface area contributed by atoms with E-state index < -0.39 is 47.8 Å². The standard InChI is InChI=1S/C34H46ClN3O9/c1-19-8-7-9-26(44-6)34(42)18-25(45-32(41)37-34)20(2)30-33(3,47-30)27(46-31(40)22-10-12-36-13-11-22)17-28(39)38(4)23-15-21(14-19)16-24(43-5)29(23)35/h7-9,15-16,20,22,25-27,30,36,42H,10-14,17-18H2,1-6H3,(H,37,41)/b9-7+,19-8+/t20-,25+,26?,27+,30+,33-,34+/m1/s1. The molecule has 4 heterocycles. The maximum absolute atomic E-state index is 14.0. The van der Waals surface area contributed by atoms with Crippen molar-refractivity contribution in [2.45, 2.75) is 88.6 Å². The molecule has 3 N–H and O–H groups in total. The number of nitrogens with zero attached hydrogens (tertiary/aromatic N) is 1. The van der Waals surface area contributed by atoms with Gasteiger partial charge in [0.2, 0.25) is 5.91 Å². The quantitative estimate of drug-likeness (QED) is 0.319. The highest BCUT2D eigenvalue weighted by molar-refractivity contribution is 6.35. The molecule has 4 aliphatic rings.